The molecule has 1 fully saturated rings. The van der Waals surface area contributed by atoms with Crippen molar-refractivity contribution in [3.8, 4) is 0 Å². The molecule has 0 heterocycles. The zero-order chi connectivity index (χ0) is 13.8. The predicted octanol–water partition coefficient (Wildman–Crippen LogP) is 3.44. The highest BCUT2D eigenvalue weighted by Gasteiger charge is 2.20. The van der Waals surface area contributed by atoms with Crippen molar-refractivity contribution in [3.63, 3.8) is 0 Å². The molecule has 1 aromatic carbocycles. The number of rotatable bonds is 3. The molecule has 1 aliphatic carbocycles. The van der Waals surface area contributed by atoms with E-state index in [1.165, 1.54) is 44.1 Å². The molecule has 2 rings (SSSR count). The van der Waals surface area contributed by atoms with Crippen molar-refractivity contribution < 1.29 is 0 Å². The molecule has 0 radical (unpaired) electrons. The standard InChI is InChI=1S/C16H25N3/c1-12-9-10-14(16(17)18)15(11-12)19(2)13-7-5-3-4-6-8-13/h9-11,13H,3-8H2,1-2H3,(H3,17,18). The fourth-order valence-electron chi connectivity index (χ4n) is 3.00. The van der Waals surface area contributed by atoms with Gasteiger partial charge in [0, 0.05) is 24.3 Å². The number of hydrogen-bond donors (Lipinski definition) is 2. The summed E-state index contributed by atoms with van der Waals surface area (Å²) in [5.74, 6) is 0.162. The van der Waals surface area contributed by atoms with Gasteiger partial charge in [-0.2, -0.15) is 0 Å². The molecule has 1 aliphatic rings. The van der Waals surface area contributed by atoms with Gasteiger partial charge in [-0.15, -0.1) is 0 Å². The maximum absolute atomic E-state index is 7.75. The van der Waals surface area contributed by atoms with Crippen LogP contribution in [0.3, 0.4) is 0 Å². The van der Waals surface area contributed by atoms with Crippen LogP contribution < -0.4 is 10.6 Å². The van der Waals surface area contributed by atoms with Crippen LogP contribution in [0.25, 0.3) is 0 Å². The monoisotopic (exact) mass is 259 g/mol. The average molecular weight is 259 g/mol. The van der Waals surface area contributed by atoms with Crippen molar-refractivity contribution in [3.05, 3.63) is 29.3 Å². The van der Waals surface area contributed by atoms with Gasteiger partial charge in [-0.25, -0.2) is 0 Å². The summed E-state index contributed by atoms with van der Waals surface area (Å²) in [5, 5.41) is 7.75. The van der Waals surface area contributed by atoms with E-state index < -0.39 is 0 Å². The number of nitrogens with one attached hydrogen (secondary N) is 1. The molecule has 19 heavy (non-hydrogen) atoms. The lowest BCUT2D eigenvalue weighted by molar-refractivity contribution is 0.553. The van der Waals surface area contributed by atoms with Gasteiger partial charge in [-0.05, 0) is 37.5 Å². The molecule has 0 spiro atoms. The molecule has 1 saturated carbocycles. The second kappa shape index (κ2) is 6.09. The lowest BCUT2D eigenvalue weighted by Gasteiger charge is -2.31. The molecule has 1 aromatic rings. The van der Waals surface area contributed by atoms with E-state index in [2.05, 4.69) is 24.9 Å². The first kappa shape index (κ1) is 13.9. The van der Waals surface area contributed by atoms with Crippen molar-refractivity contribution in [1.29, 1.82) is 5.41 Å². The minimum absolute atomic E-state index is 0.162. The van der Waals surface area contributed by atoms with Gasteiger partial charge >= 0.3 is 0 Å². The number of amidine groups is 1. The van der Waals surface area contributed by atoms with Crippen LogP contribution in [0.15, 0.2) is 18.2 Å². The smallest absolute Gasteiger partial charge is 0.124 e. The van der Waals surface area contributed by atoms with E-state index in [4.69, 9.17) is 11.1 Å². The van der Waals surface area contributed by atoms with Gasteiger partial charge in [-0.3, -0.25) is 5.41 Å². The zero-order valence-electron chi connectivity index (χ0n) is 12.1. The Hall–Kier alpha value is -1.51. The second-order valence-corrected chi connectivity index (χ2v) is 5.69. The maximum atomic E-state index is 7.75. The number of benzene rings is 1. The lowest BCUT2D eigenvalue weighted by atomic mass is 10.0. The number of nitrogens with two attached hydrogens (primary N) is 1. The van der Waals surface area contributed by atoms with Crippen LogP contribution in [0.5, 0.6) is 0 Å². The molecule has 0 aliphatic heterocycles. The highest BCUT2D eigenvalue weighted by Crippen LogP contribution is 2.28. The van der Waals surface area contributed by atoms with Crippen LogP contribution in [0.2, 0.25) is 0 Å². The van der Waals surface area contributed by atoms with Gasteiger partial charge in [0.05, 0.1) is 0 Å². The summed E-state index contributed by atoms with van der Waals surface area (Å²) < 4.78 is 0. The van der Waals surface area contributed by atoms with Crippen LogP contribution in [0.1, 0.15) is 49.7 Å². The maximum Gasteiger partial charge on any atom is 0.124 e. The van der Waals surface area contributed by atoms with Crippen LogP contribution in [0.4, 0.5) is 5.69 Å². The molecule has 0 atom stereocenters. The Kier molecular flexibility index (Phi) is 4.46. The Morgan fingerprint density at radius 3 is 2.42 bits per heavy atom. The summed E-state index contributed by atoms with van der Waals surface area (Å²) in [6, 6.07) is 6.74. The van der Waals surface area contributed by atoms with Crippen LogP contribution >= 0.6 is 0 Å². The van der Waals surface area contributed by atoms with E-state index in [1.54, 1.807) is 0 Å². The third kappa shape index (κ3) is 3.28. The molecule has 3 N–H and O–H groups in total. The Morgan fingerprint density at radius 1 is 1.21 bits per heavy atom. The minimum Gasteiger partial charge on any atom is -0.384 e. The molecule has 0 unspecified atom stereocenters. The topological polar surface area (TPSA) is 53.1 Å². The molecule has 3 nitrogen and oxygen atoms in total. The lowest BCUT2D eigenvalue weighted by Crippen LogP contribution is -2.33. The molecule has 0 amide bonds. The van der Waals surface area contributed by atoms with Gasteiger partial charge in [-0.1, -0.05) is 31.7 Å². The highest BCUT2D eigenvalue weighted by molar-refractivity contribution is 6.00. The van der Waals surface area contributed by atoms with Crippen molar-refractivity contribution in [2.45, 2.75) is 51.5 Å². The second-order valence-electron chi connectivity index (χ2n) is 5.69. The Morgan fingerprint density at radius 2 is 1.84 bits per heavy atom. The molecule has 0 bridgehead atoms. The first-order valence-corrected chi connectivity index (χ1v) is 7.27. The van der Waals surface area contributed by atoms with E-state index in [1.807, 2.05) is 12.1 Å². The third-order valence-corrected chi connectivity index (χ3v) is 4.20. The summed E-state index contributed by atoms with van der Waals surface area (Å²) in [7, 11) is 2.15. The normalized spacial score (nSPS) is 16.9. The SMILES string of the molecule is Cc1ccc(C(=N)N)c(N(C)C2CCCCCC2)c1. The van der Waals surface area contributed by atoms with Gasteiger partial charge in [0.1, 0.15) is 5.84 Å². The first-order chi connectivity index (χ1) is 9.09. The van der Waals surface area contributed by atoms with Crippen molar-refractivity contribution in [1.82, 2.24) is 0 Å². The molecule has 104 valence electrons. The number of hydrogen-bond acceptors (Lipinski definition) is 2. The van der Waals surface area contributed by atoms with Gasteiger partial charge < -0.3 is 10.6 Å². The molecule has 0 saturated heterocycles. The van der Waals surface area contributed by atoms with E-state index in [0.29, 0.717) is 6.04 Å². The Bertz CT molecular complexity index is 445. The van der Waals surface area contributed by atoms with E-state index >= 15 is 0 Å². The highest BCUT2D eigenvalue weighted by atomic mass is 15.1. The van der Waals surface area contributed by atoms with Crippen molar-refractivity contribution >= 4 is 11.5 Å². The first-order valence-electron chi connectivity index (χ1n) is 7.27. The Balaban J connectivity index is 2.28. The van der Waals surface area contributed by atoms with Gasteiger partial charge in [0.15, 0.2) is 0 Å². The number of anilines is 1. The van der Waals surface area contributed by atoms with Gasteiger partial charge in [0.25, 0.3) is 0 Å². The van der Waals surface area contributed by atoms with E-state index in [0.717, 1.165) is 11.3 Å². The summed E-state index contributed by atoms with van der Waals surface area (Å²) in [4.78, 5) is 2.34. The van der Waals surface area contributed by atoms with E-state index in [9.17, 15) is 0 Å². The third-order valence-electron chi connectivity index (χ3n) is 4.20. The largest absolute Gasteiger partial charge is 0.384 e. The number of nitrogens with zero attached hydrogens (tertiary/aromatic N) is 1. The fourth-order valence-corrected chi connectivity index (χ4v) is 3.00. The molecular weight excluding hydrogens is 234 g/mol. The van der Waals surface area contributed by atoms with Crippen molar-refractivity contribution in [2.75, 3.05) is 11.9 Å². The summed E-state index contributed by atoms with van der Waals surface area (Å²) in [6.45, 7) is 2.09. The predicted molar refractivity (Wildman–Crippen MR) is 82.1 cm³/mol. The molecular formula is C16H25N3. The summed E-state index contributed by atoms with van der Waals surface area (Å²) in [5.41, 5.74) is 8.91. The number of nitrogen functional groups attached to an aromatic ring is 1. The fraction of sp³-hybridized carbons (Fsp3) is 0.562. The summed E-state index contributed by atoms with van der Waals surface area (Å²) in [6.07, 6.45) is 7.85. The van der Waals surface area contributed by atoms with Crippen LogP contribution in [-0.2, 0) is 0 Å². The quantitative estimate of drug-likeness (QED) is 0.496. The van der Waals surface area contributed by atoms with Crippen LogP contribution in [-0.4, -0.2) is 18.9 Å². The summed E-state index contributed by atoms with van der Waals surface area (Å²) >= 11 is 0. The minimum atomic E-state index is 0.162. The van der Waals surface area contributed by atoms with E-state index in [-0.39, 0.29) is 5.84 Å². The molecule has 0 aromatic heterocycles. The molecule has 3 heteroatoms. The van der Waals surface area contributed by atoms with Gasteiger partial charge in [0.2, 0.25) is 0 Å². The van der Waals surface area contributed by atoms with Crippen LogP contribution in [0, 0.1) is 12.3 Å². The van der Waals surface area contributed by atoms with Crippen molar-refractivity contribution in [2.24, 2.45) is 5.73 Å². The number of aryl methyl sites for hydroxylation is 1. The Labute approximate surface area is 116 Å². The average Bonchev–Trinajstić information content (AvgIpc) is 2.66. The zero-order valence-corrected chi connectivity index (χ0v) is 12.1.